The first-order chi connectivity index (χ1) is 25.7. The third-order valence-corrected chi connectivity index (χ3v) is 6.76. The van der Waals surface area contributed by atoms with E-state index in [4.69, 9.17) is 0 Å². The van der Waals surface area contributed by atoms with E-state index in [1.807, 2.05) is 0 Å². The molecule has 6 heterocycles. The molecular formula is C36H18Al2N6O12. The molecule has 6 aromatic heterocycles. The van der Waals surface area contributed by atoms with Crippen LogP contribution in [0.4, 0.5) is 0 Å². The Kier molecular flexibility index (Phi) is 16.8. The maximum Gasteiger partial charge on any atom is 3.00 e. The van der Waals surface area contributed by atoms with E-state index in [0.717, 1.165) is 0 Å². The van der Waals surface area contributed by atoms with Gasteiger partial charge in [0.05, 0.1) is 70.0 Å². The number of rotatable bonds is 9. The number of pyridine rings is 6. The molecule has 0 spiro atoms. The summed E-state index contributed by atoms with van der Waals surface area (Å²) in [5.74, 6) is -8.03. The number of hydrogen-bond acceptors (Lipinski definition) is 18. The van der Waals surface area contributed by atoms with Crippen LogP contribution in [-0.2, 0) is 0 Å². The monoisotopic (exact) mass is 780 g/mol. The number of hydrogen-bond donors (Lipinski definition) is 0. The minimum Gasteiger partial charge on any atom is -0.545 e. The third kappa shape index (κ3) is 12.4. The molecule has 18 nitrogen and oxygen atoms in total. The Morgan fingerprint density at radius 3 is 0.518 bits per heavy atom. The summed E-state index contributed by atoms with van der Waals surface area (Å²) >= 11 is 0. The first kappa shape index (κ1) is 44.9. The number of carbonyl (C=O) groups excluding carboxylic acids is 6. The molecule has 0 fully saturated rings. The quantitative estimate of drug-likeness (QED) is 0.126. The number of carboxylic acid groups (broad SMARTS) is 6. The molecule has 0 radical (unpaired) electrons. The summed E-state index contributed by atoms with van der Waals surface area (Å²) in [6, 6.07) is 15.2. The van der Waals surface area contributed by atoms with Crippen LogP contribution < -0.4 is 30.6 Å². The summed E-state index contributed by atoms with van der Waals surface area (Å²) in [4.78, 5) is 87.7. The molecule has 0 N–H and O–H groups in total. The average Bonchev–Trinajstić information content (AvgIpc) is 3.18. The van der Waals surface area contributed by atoms with Gasteiger partial charge in [-0.25, -0.2) is 0 Å². The zero-order valence-electron chi connectivity index (χ0n) is 28.1. The normalized spacial score (nSPS) is 9.64. The van der Waals surface area contributed by atoms with E-state index in [1.165, 1.54) is 110 Å². The van der Waals surface area contributed by atoms with Crippen LogP contribution in [0, 0.1) is 0 Å². The molecule has 0 aromatic carbocycles. The second-order valence-corrected chi connectivity index (χ2v) is 10.3. The van der Waals surface area contributed by atoms with Crippen molar-refractivity contribution in [1.29, 1.82) is 0 Å². The molecule has 0 aliphatic carbocycles. The molecule has 0 bridgehead atoms. The molecule has 20 heteroatoms. The zero-order chi connectivity index (χ0) is 39.4. The number of carbonyl (C=O) groups is 6. The Bertz CT molecular complexity index is 1980. The molecule has 270 valence electrons. The van der Waals surface area contributed by atoms with Crippen LogP contribution in [0.2, 0.25) is 0 Å². The fourth-order valence-electron chi connectivity index (χ4n) is 4.19. The van der Waals surface area contributed by atoms with E-state index >= 15 is 0 Å². The van der Waals surface area contributed by atoms with Crippen LogP contribution in [0.1, 0.15) is 62.1 Å². The van der Waals surface area contributed by atoms with Crippen molar-refractivity contribution in [3.63, 3.8) is 0 Å². The smallest absolute Gasteiger partial charge is 0.545 e. The standard InChI is InChI=1S/3C12H8N2O4.2Al/c3*15-11(16)7-1-3-13-9(5-7)10-6-8(12(17)18)2-4-14-10;;/h3*1-6H,(H,15,16)(H,17,18);;/q;;;2*+3/p-6. The molecule has 0 aliphatic heterocycles. The van der Waals surface area contributed by atoms with Crippen LogP contribution in [0.5, 0.6) is 0 Å². The van der Waals surface area contributed by atoms with Gasteiger partial charge in [-0.3, -0.25) is 29.9 Å². The van der Waals surface area contributed by atoms with Gasteiger partial charge in [-0.05, 0) is 72.8 Å². The third-order valence-electron chi connectivity index (χ3n) is 6.76. The van der Waals surface area contributed by atoms with Crippen LogP contribution >= 0.6 is 0 Å². The molecule has 6 rings (SSSR count). The van der Waals surface area contributed by atoms with Crippen LogP contribution in [0.15, 0.2) is 110 Å². The Hall–Kier alpha value is -7.22. The Labute approximate surface area is 336 Å². The van der Waals surface area contributed by atoms with Gasteiger partial charge >= 0.3 is 34.7 Å². The fraction of sp³-hybridized carbons (Fsp3) is 0. The summed E-state index contributed by atoms with van der Waals surface area (Å²) in [6.45, 7) is 0. The summed E-state index contributed by atoms with van der Waals surface area (Å²) in [6.07, 6.45) is 7.71. The van der Waals surface area contributed by atoms with Crippen molar-refractivity contribution in [3.05, 3.63) is 143 Å². The van der Waals surface area contributed by atoms with Gasteiger partial charge in [0.25, 0.3) is 0 Å². The molecule has 6 aromatic rings. The molecule has 0 saturated heterocycles. The van der Waals surface area contributed by atoms with Crippen molar-refractivity contribution in [2.45, 2.75) is 0 Å². The maximum absolute atomic E-state index is 10.7. The van der Waals surface area contributed by atoms with Crippen LogP contribution in [0.25, 0.3) is 34.2 Å². The fourth-order valence-corrected chi connectivity index (χ4v) is 4.19. The van der Waals surface area contributed by atoms with Crippen molar-refractivity contribution in [3.8, 4) is 34.2 Å². The number of carboxylic acids is 6. The number of nitrogens with zero attached hydrogens (tertiary/aromatic N) is 6. The molecule has 0 amide bonds. The molecule has 0 atom stereocenters. The van der Waals surface area contributed by atoms with Gasteiger partial charge in [0.1, 0.15) is 0 Å². The van der Waals surface area contributed by atoms with Gasteiger partial charge in [0.2, 0.25) is 0 Å². The van der Waals surface area contributed by atoms with Crippen LogP contribution in [0.3, 0.4) is 0 Å². The van der Waals surface area contributed by atoms with Gasteiger partial charge in [0.15, 0.2) is 0 Å². The summed E-state index contributed by atoms with van der Waals surface area (Å²) in [5.41, 5.74) is 1.17. The minimum atomic E-state index is -1.34. The first-order valence-corrected chi connectivity index (χ1v) is 14.8. The van der Waals surface area contributed by atoms with E-state index in [-0.39, 0.29) is 102 Å². The second kappa shape index (κ2) is 20.9. The molecule has 0 unspecified atom stereocenters. The number of aromatic carboxylic acids is 6. The van der Waals surface area contributed by atoms with Gasteiger partial charge in [0, 0.05) is 70.6 Å². The van der Waals surface area contributed by atoms with E-state index in [0.29, 0.717) is 0 Å². The SMILES string of the molecule is O=C([O-])c1ccnc(-c2cc(C(=O)[O-])ccn2)c1.O=C([O-])c1ccnc(-c2cc(C(=O)[O-])ccn2)c1.O=C([O-])c1ccnc(-c2cc(C(=O)[O-])ccn2)c1.[Al+3].[Al+3]. The van der Waals surface area contributed by atoms with Gasteiger partial charge in [-0.15, -0.1) is 0 Å². The minimum absolute atomic E-state index is 0. The molecular weight excluding hydrogens is 762 g/mol. The Balaban J connectivity index is 0.000000285. The molecule has 56 heavy (non-hydrogen) atoms. The largest absolute Gasteiger partial charge is 3.00 e. The predicted molar refractivity (Wildman–Crippen MR) is 180 cm³/mol. The van der Waals surface area contributed by atoms with Crippen LogP contribution in [-0.4, -0.2) is 100 Å². The topological polar surface area (TPSA) is 318 Å². The van der Waals surface area contributed by atoms with Crippen molar-refractivity contribution in [2.75, 3.05) is 0 Å². The van der Waals surface area contributed by atoms with Crippen molar-refractivity contribution in [1.82, 2.24) is 29.9 Å². The Morgan fingerprint density at radius 2 is 0.411 bits per heavy atom. The van der Waals surface area contributed by atoms with E-state index < -0.39 is 35.8 Å². The van der Waals surface area contributed by atoms with Crippen molar-refractivity contribution < 1.29 is 59.4 Å². The average molecular weight is 781 g/mol. The van der Waals surface area contributed by atoms with Gasteiger partial charge in [-0.1, -0.05) is 0 Å². The molecule has 0 aliphatic rings. The van der Waals surface area contributed by atoms with Gasteiger partial charge < -0.3 is 59.4 Å². The van der Waals surface area contributed by atoms with Crippen molar-refractivity contribution in [2.24, 2.45) is 0 Å². The summed E-state index contributed by atoms with van der Waals surface area (Å²) in [7, 11) is 0. The molecule has 0 saturated carbocycles. The number of aromatic nitrogens is 6. The van der Waals surface area contributed by atoms with E-state index in [2.05, 4.69) is 29.9 Å². The van der Waals surface area contributed by atoms with E-state index in [1.54, 1.807) is 0 Å². The summed E-state index contributed by atoms with van der Waals surface area (Å²) < 4.78 is 0. The summed E-state index contributed by atoms with van der Waals surface area (Å²) in [5, 5.41) is 64.2. The van der Waals surface area contributed by atoms with E-state index in [9.17, 15) is 59.4 Å². The van der Waals surface area contributed by atoms with Gasteiger partial charge in [-0.2, -0.15) is 0 Å². The maximum atomic E-state index is 10.7. The predicted octanol–water partition coefficient (Wildman–Crippen LogP) is -4.15. The second-order valence-electron chi connectivity index (χ2n) is 10.3. The zero-order valence-corrected chi connectivity index (χ0v) is 30.4. The first-order valence-electron chi connectivity index (χ1n) is 14.8. The Morgan fingerprint density at radius 1 is 0.286 bits per heavy atom. The van der Waals surface area contributed by atoms with Crippen molar-refractivity contribution >= 4 is 70.5 Å².